The number of hydrogen-bond donors (Lipinski definition) is 1. The first-order valence-corrected chi connectivity index (χ1v) is 6.52. The lowest BCUT2D eigenvalue weighted by molar-refractivity contribution is 0.718. The third-order valence-electron chi connectivity index (χ3n) is 2.39. The maximum atomic E-state index is 5.88. The van der Waals surface area contributed by atoms with E-state index in [4.69, 9.17) is 5.73 Å². The van der Waals surface area contributed by atoms with Crippen molar-refractivity contribution in [3.8, 4) is 5.69 Å². The van der Waals surface area contributed by atoms with Crippen molar-refractivity contribution in [1.29, 1.82) is 0 Å². The summed E-state index contributed by atoms with van der Waals surface area (Å²) in [6.07, 6.45) is 0.958. The number of rotatable bonds is 5. The predicted molar refractivity (Wildman–Crippen MR) is 68.1 cm³/mol. The summed E-state index contributed by atoms with van der Waals surface area (Å²) in [4.78, 5) is 0. The van der Waals surface area contributed by atoms with E-state index in [-0.39, 0.29) is 6.04 Å². The molecule has 2 rings (SSSR count). The molecule has 0 amide bonds. The van der Waals surface area contributed by atoms with Crippen LogP contribution in [0.15, 0.2) is 35.5 Å². The van der Waals surface area contributed by atoms with Crippen LogP contribution in [0.2, 0.25) is 0 Å². The monoisotopic (exact) mass is 249 g/mol. The van der Waals surface area contributed by atoms with Gasteiger partial charge in [-0.1, -0.05) is 36.9 Å². The number of benzene rings is 1. The van der Waals surface area contributed by atoms with E-state index in [0.717, 1.165) is 23.0 Å². The van der Waals surface area contributed by atoms with Crippen molar-refractivity contribution in [1.82, 2.24) is 20.2 Å². The zero-order chi connectivity index (χ0) is 12.1. The number of hydrogen-bond acceptors (Lipinski definition) is 5. The SMILES string of the molecule is CCC(N)CSc1nnnn1-c1ccccc1. The van der Waals surface area contributed by atoms with E-state index in [9.17, 15) is 0 Å². The maximum Gasteiger partial charge on any atom is 0.214 e. The van der Waals surface area contributed by atoms with Crippen molar-refractivity contribution in [3.63, 3.8) is 0 Å². The fraction of sp³-hybridized carbons (Fsp3) is 0.364. The first kappa shape index (κ1) is 12.1. The minimum Gasteiger partial charge on any atom is -0.327 e. The van der Waals surface area contributed by atoms with E-state index in [2.05, 4.69) is 22.4 Å². The predicted octanol–water partition coefficient (Wildman–Crippen LogP) is 1.49. The van der Waals surface area contributed by atoms with Gasteiger partial charge in [0.05, 0.1) is 5.69 Å². The Hall–Kier alpha value is -1.40. The summed E-state index contributed by atoms with van der Waals surface area (Å²) in [5.74, 6) is 0.823. The lowest BCUT2D eigenvalue weighted by Crippen LogP contribution is -2.21. The molecule has 0 aliphatic heterocycles. The summed E-state index contributed by atoms with van der Waals surface area (Å²) >= 11 is 1.58. The van der Waals surface area contributed by atoms with Gasteiger partial charge in [0.25, 0.3) is 0 Å². The van der Waals surface area contributed by atoms with Crippen LogP contribution in [0.4, 0.5) is 0 Å². The molecule has 6 heteroatoms. The van der Waals surface area contributed by atoms with E-state index >= 15 is 0 Å². The fourth-order valence-electron chi connectivity index (χ4n) is 1.30. The van der Waals surface area contributed by atoms with Gasteiger partial charge in [0.15, 0.2) is 0 Å². The first-order chi connectivity index (χ1) is 8.31. The third-order valence-corrected chi connectivity index (χ3v) is 3.50. The smallest absolute Gasteiger partial charge is 0.214 e. The van der Waals surface area contributed by atoms with Gasteiger partial charge in [-0.15, -0.1) is 5.10 Å². The Morgan fingerprint density at radius 1 is 1.35 bits per heavy atom. The van der Waals surface area contributed by atoms with Crippen molar-refractivity contribution in [2.45, 2.75) is 24.5 Å². The third kappa shape index (κ3) is 3.04. The minimum absolute atomic E-state index is 0.181. The average Bonchev–Trinajstić information content (AvgIpc) is 2.85. The van der Waals surface area contributed by atoms with Gasteiger partial charge in [-0.05, 0) is 29.0 Å². The molecule has 0 bridgehead atoms. The van der Waals surface area contributed by atoms with E-state index in [1.807, 2.05) is 30.3 Å². The second kappa shape index (κ2) is 5.79. The van der Waals surface area contributed by atoms with E-state index in [1.54, 1.807) is 16.4 Å². The van der Waals surface area contributed by atoms with Gasteiger partial charge in [0.1, 0.15) is 0 Å². The summed E-state index contributed by atoms with van der Waals surface area (Å²) < 4.78 is 1.73. The lowest BCUT2D eigenvalue weighted by Gasteiger charge is -2.07. The van der Waals surface area contributed by atoms with Crippen LogP contribution in [0, 0.1) is 0 Å². The molecule has 90 valence electrons. The minimum atomic E-state index is 0.181. The highest BCUT2D eigenvalue weighted by atomic mass is 32.2. The number of nitrogens with two attached hydrogens (primary N) is 1. The summed E-state index contributed by atoms with van der Waals surface area (Å²) in [5.41, 5.74) is 6.84. The molecule has 0 aliphatic carbocycles. The van der Waals surface area contributed by atoms with Crippen LogP contribution in [0.25, 0.3) is 5.69 Å². The van der Waals surface area contributed by atoms with Crippen LogP contribution < -0.4 is 5.73 Å². The molecule has 1 atom stereocenters. The maximum absolute atomic E-state index is 5.88. The molecule has 0 spiro atoms. The van der Waals surface area contributed by atoms with Crippen molar-refractivity contribution in [3.05, 3.63) is 30.3 Å². The van der Waals surface area contributed by atoms with Crippen LogP contribution in [0.5, 0.6) is 0 Å². The highest BCUT2D eigenvalue weighted by Gasteiger charge is 2.10. The van der Waals surface area contributed by atoms with Gasteiger partial charge >= 0.3 is 0 Å². The molecule has 5 nitrogen and oxygen atoms in total. The number of thioether (sulfide) groups is 1. The molecular weight excluding hydrogens is 234 g/mol. The molecule has 0 saturated carbocycles. The fourth-order valence-corrected chi connectivity index (χ4v) is 2.26. The summed E-state index contributed by atoms with van der Waals surface area (Å²) in [6, 6.07) is 10.0. The number of para-hydroxylation sites is 1. The Bertz CT molecular complexity index is 456. The number of tetrazole rings is 1. The molecule has 1 aromatic carbocycles. The van der Waals surface area contributed by atoms with Gasteiger partial charge in [0.2, 0.25) is 5.16 Å². The average molecular weight is 249 g/mol. The zero-order valence-electron chi connectivity index (χ0n) is 9.65. The van der Waals surface area contributed by atoms with Gasteiger partial charge < -0.3 is 5.73 Å². The standard InChI is InChI=1S/C11H15N5S/c1-2-9(12)8-17-11-13-14-15-16(11)10-6-4-3-5-7-10/h3-7,9H,2,8,12H2,1H3. The Kier molecular flexibility index (Phi) is 4.11. The second-order valence-corrected chi connectivity index (χ2v) is 4.68. The van der Waals surface area contributed by atoms with Crippen LogP contribution >= 0.6 is 11.8 Å². The van der Waals surface area contributed by atoms with Crippen molar-refractivity contribution in [2.75, 3.05) is 5.75 Å². The van der Waals surface area contributed by atoms with Crippen LogP contribution in [0.1, 0.15) is 13.3 Å². The van der Waals surface area contributed by atoms with Crippen LogP contribution in [-0.2, 0) is 0 Å². The van der Waals surface area contributed by atoms with E-state index in [1.165, 1.54) is 0 Å². The largest absolute Gasteiger partial charge is 0.327 e. The topological polar surface area (TPSA) is 69.6 Å². The van der Waals surface area contributed by atoms with Gasteiger partial charge in [-0.25, -0.2) is 0 Å². The van der Waals surface area contributed by atoms with Crippen molar-refractivity contribution < 1.29 is 0 Å². The molecular formula is C11H15N5S. The first-order valence-electron chi connectivity index (χ1n) is 5.53. The number of nitrogens with zero attached hydrogens (tertiary/aromatic N) is 4. The molecule has 0 radical (unpaired) electrons. The number of aromatic nitrogens is 4. The zero-order valence-corrected chi connectivity index (χ0v) is 10.5. The van der Waals surface area contributed by atoms with Crippen LogP contribution in [0.3, 0.4) is 0 Å². The Morgan fingerprint density at radius 2 is 2.12 bits per heavy atom. The molecule has 1 aromatic heterocycles. The summed E-state index contributed by atoms with van der Waals surface area (Å²) in [5, 5.41) is 12.5. The molecule has 2 aromatic rings. The van der Waals surface area contributed by atoms with Crippen molar-refractivity contribution in [2.24, 2.45) is 5.73 Å². The normalized spacial score (nSPS) is 12.6. The Morgan fingerprint density at radius 3 is 2.82 bits per heavy atom. The quantitative estimate of drug-likeness (QED) is 0.813. The van der Waals surface area contributed by atoms with Crippen molar-refractivity contribution >= 4 is 11.8 Å². The van der Waals surface area contributed by atoms with Gasteiger partial charge in [-0.3, -0.25) is 0 Å². The Balaban J connectivity index is 2.12. The van der Waals surface area contributed by atoms with E-state index < -0.39 is 0 Å². The highest BCUT2D eigenvalue weighted by Crippen LogP contribution is 2.18. The molecule has 17 heavy (non-hydrogen) atoms. The Labute approximate surface area is 104 Å². The molecule has 2 N–H and O–H groups in total. The second-order valence-electron chi connectivity index (χ2n) is 3.69. The van der Waals surface area contributed by atoms with Gasteiger partial charge in [-0.2, -0.15) is 4.68 Å². The molecule has 1 unspecified atom stereocenters. The molecule has 0 fully saturated rings. The van der Waals surface area contributed by atoms with Crippen LogP contribution in [-0.4, -0.2) is 32.0 Å². The molecule has 0 saturated heterocycles. The molecule has 0 aliphatic rings. The molecule has 1 heterocycles. The highest BCUT2D eigenvalue weighted by molar-refractivity contribution is 7.99. The van der Waals surface area contributed by atoms with Gasteiger partial charge in [0, 0.05) is 11.8 Å². The summed E-state index contributed by atoms with van der Waals surface area (Å²) in [6.45, 7) is 2.07. The van der Waals surface area contributed by atoms with E-state index in [0.29, 0.717) is 0 Å². The lowest BCUT2D eigenvalue weighted by atomic mass is 10.3. The summed E-state index contributed by atoms with van der Waals surface area (Å²) in [7, 11) is 0.